The van der Waals surface area contributed by atoms with Crippen LogP contribution in [0.25, 0.3) is 0 Å². The van der Waals surface area contributed by atoms with Crippen LogP contribution in [0.2, 0.25) is 5.02 Å². The zero-order valence-electron chi connectivity index (χ0n) is 14.2. The summed E-state index contributed by atoms with van der Waals surface area (Å²) in [4.78, 5) is 34.1. The summed E-state index contributed by atoms with van der Waals surface area (Å²) in [6.45, 7) is 5.12. The molecule has 0 saturated carbocycles. The number of halogens is 1. The van der Waals surface area contributed by atoms with Crippen molar-refractivity contribution in [1.29, 1.82) is 0 Å². The standard InChI is InChI=1S/C16H16ClN3O6/c1-16(2,3)12-7-14(26-19-12)18-13(21)8-25-15(22)10-6-9(17)4-5-11(10)20(23)24/h4-7H,8H2,1-3H3,(H,18,21). The van der Waals surface area contributed by atoms with Crippen molar-refractivity contribution in [3.05, 3.63) is 50.7 Å². The maximum Gasteiger partial charge on any atom is 0.345 e. The lowest BCUT2D eigenvalue weighted by molar-refractivity contribution is -0.385. The number of esters is 1. The third kappa shape index (κ3) is 4.79. The maximum atomic E-state index is 12.0. The molecule has 138 valence electrons. The fourth-order valence-corrected chi connectivity index (χ4v) is 2.07. The van der Waals surface area contributed by atoms with Gasteiger partial charge >= 0.3 is 5.97 Å². The summed E-state index contributed by atoms with van der Waals surface area (Å²) in [6.07, 6.45) is 0. The molecule has 0 aliphatic carbocycles. The first-order chi connectivity index (χ1) is 12.1. The molecule has 0 aliphatic heterocycles. The van der Waals surface area contributed by atoms with Crippen LogP contribution in [-0.4, -0.2) is 28.6 Å². The summed E-state index contributed by atoms with van der Waals surface area (Å²) in [5.41, 5.74) is -0.432. The van der Waals surface area contributed by atoms with Crippen molar-refractivity contribution in [2.45, 2.75) is 26.2 Å². The number of rotatable bonds is 5. The van der Waals surface area contributed by atoms with Crippen LogP contribution < -0.4 is 5.32 Å². The zero-order chi connectivity index (χ0) is 19.5. The second kappa shape index (κ2) is 7.52. The van der Waals surface area contributed by atoms with Gasteiger partial charge in [-0.25, -0.2) is 4.79 Å². The highest BCUT2D eigenvalue weighted by molar-refractivity contribution is 6.31. The van der Waals surface area contributed by atoms with Crippen LogP contribution in [0.15, 0.2) is 28.8 Å². The molecule has 1 heterocycles. The number of hydrogen-bond donors (Lipinski definition) is 1. The molecule has 0 bridgehead atoms. The molecule has 26 heavy (non-hydrogen) atoms. The number of anilines is 1. The first-order valence-corrected chi connectivity index (χ1v) is 7.84. The molecule has 10 heteroatoms. The minimum atomic E-state index is -1.04. The molecule has 1 N–H and O–H groups in total. The summed E-state index contributed by atoms with van der Waals surface area (Å²) in [6, 6.07) is 5.02. The van der Waals surface area contributed by atoms with Crippen LogP contribution in [0, 0.1) is 10.1 Å². The summed E-state index contributed by atoms with van der Waals surface area (Å²) in [5, 5.41) is 17.3. The average molecular weight is 382 g/mol. The normalized spacial score (nSPS) is 11.1. The number of benzene rings is 1. The Balaban J connectivity index is 1.99. The van der Waals surface area contributed by atoms with Crippen molar-refractivity contribution in [3.63, 3.8) is 0 Å². The monoisotopic (exact) mass is 381 g/mol. The summed E-state index contributed by atoms with van der Waals surface area (Å²) < 4.78 is 9.80. The molecule has 0 aliphatic rings. The molecule has 2 aromatic rings. The van der Waals surface area contributed by atoms with E-state index in [1.54, 1.807) is 6.07 Å². The second-order valence-electron chi connectivity index (χ2n) is 6.37. The number of nitrogens with zero attached hydrogens (tertiary/aromatic N) is 2. The summed E-state index contributed by atoms with van der Waals surface area (Å²) >= 11 is 5.75. The van der Waals surface area contributed by atoms with Crippen LogP contribution >= 0.6 is 11.6 Å². The number of ether oxygens (including phenoxy) is 1. The number of nitro benzene ring substituents is 1. The Labute approximate surface area is 153 Å². The second-order valence-corrected chi connectivity index (χ2v) is 6.81. The van der Waals surface area contributed by atoms with E-state index < -0.39 is 29.1 Å². The van der Waals surface area contributed by atoms with Crippen molar-refractivity contribution in [2.75, 3.05) is 11.9 Å². The van der Waals surface area contributed by atoms with Gasteiger partial charge in [0.2, 0.25) is 5.88 Å². The predicted octanol–water partition coefficient (Wildman–Crippen LogP) is 3.33. The Hall–Kier alpha value is -2.94. The molecule has 2 rings (SSSR count). The highest BCUT2D eigenvalue weighted by atomic mass is 35.5. The van der Waals surface area contributed by atoms with Crippen LogP contribution in [0.3, 0.4) is 0 Å². The highest BCUT2D eigenvalue weighted by Crippen LogP contribution is 2.24. The first kappa shape index (κ1) is 19.4. The topological polar surface area (TPSA) is 125 Å². The molecule has 0 spiro atoms. The van der Waals surface area contributed by atoms with Crippen LogP contribution in [0.5, 0.6) is 0 Å². The van der Waals surface area contributed by atoms with Gasteiger partial charge in [-0.3, -0.25) is 20.2 Å². The third-order valence-corrected chi connectivity index (χ3v) is 3.49. The largest absolute Gasteiger partial charge is 0.452 e. The van der Waals surface area contributed by atoms with Crippen LogP contribution in [0.1, 0.15) is 36.8 Å². The van der Waals surface area contributed by atoms with E-state index in [1.807, 2.05) is 20.8 Å². The Bertz CT molecular complexity index is 856. The number of carbonyl (C=O) groups is 2. The van der Waals surface area contributed by atoms with Gasteiger partial charge in [-0.05, 0) is 12.1 Å². The quantitative estimate of drug-likeness (QED) is 0.478. The number of hydrogen-bond acceptors (Lipinski definition) is 7. The van der Waals surface area contributed by atoms with Crippen molar-refractivity contribution in [3.8, 4) is 0 Å². The number of amides is 1. The molecular formula is C16H16ClN3O6. The van der Waals surface area contributed by atoms with Crippen LogP contribution in [-0.2, 0) is 14.9 Å². The van der Waals surface area contributed by atoms with Gasteiger partial charge in [-0.15, -0.1) is 0 Å². The lowest BCUT2D eigenvalue weighted by Gasteiger charge is -2.12. The van der Waals surface area contributed by atoms with E-state index in [4.69, 9.17) is 20.9 Å². The lowest BCUT2D eigenvalue weighted by atomic mass is 9.92. The zero-order valence-corrected chi connectivity index (χ0v) is 15.0. The van der Waals surface area contributed by atoms with Crippen LogP contribution in [0.4, 0.5) is 11.6 Å². The van der Waals surface area contributed by atoms with E-state index in [0.717, 1.165) is 12.1 Å². The van der Waals surface area contributed by atoms with Crippen molar-refractivity contribution in [2.24, 2.45) is 0 Å². The fourth-order valence-electron chi connectivity index (χ4n) is 1.90. The van der Waals surface area contributed by atoms with E-state index in [2.05, 4.69) is 10.5 Å². The first-order valence-electron chi connectivity index (χ1n) is 7.46. The fraction of sp³-hybridized carbons (Fsp3) is 0.312. The number of nitro groups is 1. The van der Waals surface area contributed by atoms with E-state index in [1.165, 1.54) is 6.07 Å². The summed E-state index contributed by atoms with van der Waals surface area (Å²) in [5.74, 6) is -1.62. The molecule has 0 atom stereocenters. The molecule has 0 unspecified atom stereocenters. The van der Waals surface area contributed by atoms with Gasteiger partial charge in [0.05, 0.1) is 10.6 Å². The van der Waals surface area contributed by atoms with Gasteiger partial charge in [-0.1, -0.05) is 37.5 Å². The lowest BCUT2D eigenvalue weighted by Crippen LogP contribution is -2.21. The van der Waals surface area contributed by atoms with Gasteiger partial charge < -0.3 is 9.26 Å². The van der Waals surface area contributed by atoms with E-state index in [9.17, 15) is 19.7 Å². The molecule has 1 amide bonds. The van der Waals surface area contributed by atoms with Gasteiger partial charge in [0.1, 0.15) is 5.56 Å². The van der Waals surface area contributed by atoms with Crippen molar-refractivity contribution < 1.29 is 23.8 Å². The highest BCUT2D eigenvalue weighted by Gasteiger charge is 2.23. The predicted molar refractivity (Wildman–Crippen MR) is 92.2 cm³/mol. The number of nitrogens with one attached hydrogen (secondary N) is 1. The average Bonchev–Trinajstić information content (AvgIpc) is 3.01. The maximum absolute atomic E-state index is 12.0. The molecule has 0 saturated heterocycles. The number of aromatic nitrogens is 1. The van der Waals surface area contributed by atoms with E-state index in [-0.39, 0.29) is 21.9 Å². The molecular weight excluding hydrogens is 366 g/mol. The molecule has 9 nitrogen and oxygen atoms in total. The molecule has 0 radical (unpaired) electrons. The van der Waals surface area contributed by atoms with Gasteiger partial charge in [0.25, 0.3) is 11.6 Å². The Morgan fingerprint density at radius 1 is 1.35 bits per heavy atom. The molecule has 1 aromatic carbocycles. The molecule has 0 fully saturated rings. The Morgan fingerprint density at radius 3 is 2.62 bits per heavy atom. The Morgan fingerprint density at radius 2 is 2.04 bits per heavy atom. The Kier molecular flexibility index (Phi) is 5.61. The summed E-state index contributed by atoms with van der Waals surface area (Å²) in [7, 11) is 0. The minimum Gasteiger partial charge on any atom is -0.452 e. The van der Waals surface area contributed by atoms with E-state index >= 15 is 0 Å². The smallest absolute Gasteiger partial charge is 0.345 e. The van der Waals surface area contributed by atoms with Gasteiger partial charge in [0.15, 0.2) is 6.61 Å². The van der Waals surface area contributed by atoms with E-state index in [0.29, 0.717) is 5.69 Å². The number of carbonyl (C=O) groups excluding carboxylic acids is 2. The van der Waals surface area contributed by atoms with Crippen molar-refractivity contribution >= 4 is 35.0 Å². The van der Waals surface area contributed by atoms with Gasteiger partial charge in [-0.2, -0.15) is 0 Å². The molecule has 1 aromatic heterocycles. The SMILES string of the molecule is CC(C)(C)c1cc(NC(=O)COC(=O)c2cc(Cl)ccc2[N+](=O)[O-])on1. The van der Waals surface area contributed by atoms with Crippen molar-refractivity contribution in [1.82, 2.24) is 5.16 Å². The van der Waals surface area contributed by atoms with Gasteiger partial charge in [0, 0.05) is 22.6 Å². The third-order valence-electron chi connectivity index (χ3n) is 3.25. The minimum absolute atomic E-state index is 0.102.